The van der Waals surface area contributed by atoms with Crippen LogP contribution in [0, 0.1) is 0 Å². The average molecular weight is 393 g/mol. The van der Waals surface area contributed by atoms with Crippen LogP contribution in [0.4, 0.5) is 0 Å². The number of halogens is 2. The zero-order chi connectivity index (χ0) is 16.1. The molecule has 1 saturated heterocycles. The Labute approximate surface area is 150 Å². The third kappa shape index (κ3) is 4.80. The first-order valence-corrected chi connectivity index (χ1v) is 8.88. The maximum atomic E-state index is 6.24. The minimum absolute atomic E-state index is 0.850. The van der Waals surface area contributed by atoms with E-state index in [-0.39, 0.29) is 0 Å². The van der Waals surface area contributed by atoms with Crippen molar-refractivity contribution in [1.29, 1.82) is 0 Å². The second-order valence-corrected chi connectivity index (χ2v) is 6.94. The fraction of sp³-hybridized carbons (Fsp3) is 0.278. The molecule has 2 aromatic carbocycles. The molecule has 0 N–H and O–H groups in total. The van der Waals surface area contributed by atoms with Crippen LogP contribution in [-0.2, 0) is 6.54 Å². The molecule has 5 heteroatoms. The lowest BCUT2D eigenvalue weighted by atomic mass is 10.2. The van der Waals surface area contributed by atoms with Crippen LogP contribution in [0.3, 0.4) is 0 Å². The standard InChI is InChI=1S/C18H19BrClN3/c19-17-7-5-15(6-8-17)13-21-23-11-9-22(10-12-23)14-16-3-1-2-4-18(16)20/h1-8,13H,9-12,14H2. The molecule has 0 atom stereocenters. The summed E-state index contributed by atoms with van der Waals surface area (Å²) in [6, 6.07) is 16.2. The van der Waals surface area contributed by atoms with Crippen LogP contribution >= 0.6 is 27.5 Å². The SMILES string of the molecule is Clc1ccccc1CN1CCN(N=Cc2ccc(Br)cc2)CC1. The first-order chi connectivity index (χ1) is 11.2. The molecule has 1 heterocycles. The van der Waals surface area contributed by atoms with Crippen molar-refractivity contribution in [2.75, 3.05) is 26.2 Å². The van der Waals surface area contributed by atoms with E-state index in [1.165, 1.54) is 5.56 Å². The van der Waals surface area contributed by atoms with Gasteiger partial charge < -0.3 is 0 Å². The summed E-state index contributed by atoms with van der Waals surface area (Å²) in [5, 5.41) is 7.56. The molecule has 1 aliphatic rings. The van der Waals surface area contributed by atoms with Crippen LogP contribution < -0.4 is 0 Å². The van der Waals surface area contributed by atoms with Gasteiger partial charge in [0.15, 0.2) is 0 Å². The maximum absolute atomic E-state index is 6.24. The van der Waals surface area contributed by atoms with Gasteiger partial charge >= 0.3 is 0 Å². The lowest BCUT2D eigenvalue weighted by Crippen LogP contribution is -2.43. The van der Waals surface area contributed by atoms with Gasteiger partial charge in [0.2, 0.25) is 0 Å². The van der Waals surface area contributed by atoms with Crippen molar-refractivity contribution < 1.29 is 0 Å². The maximum Gasteiger partial charge on any atom is 0.0542 e. The van der Waals surface area contributed by atoms with Gasteiger partial charge in [-0.1, -0.05) is 57.9 Å². The Morgan fingerprint density at radius 1 is 1.00 bits per heavy atom. The normalized spacial score (nSPS) is 16.2. The Bertz CT molecular complexity index is 664. The highest BCUT2D eigenvalue weighted by atomic mass is 79.9. The Kier molecular flexibility index (Phi) is 5.70. The fourth-order valence-corrected chi connectivity index (χ4v) is 3.04. The van der Waals surface area contributed by atoms with Crippen molar-refractivity contribution in [3.63, 3.8) is 0 Å². The van der Waals surface area contributed by atoms with E-state index in [9.17, 15) is 0 Å². The third-order valence-electron chi connectivity index (χ3n) is 3.94. The summed E-state index contributed by atoms with van der Waals surface area (Å²) in [5.41, 5.74) is 2.31. The molecule has 1 aliphatic heterocycles. The van der Waals surface area contributed by atoms with Gasteiger partial charge in [0.05, 0.1) is 6.21 Å². The van der Waals surface area contributed by atoms with Gasteiger partial charge in [-0.25, -0.2) is 0 Å². The van der Waals surface area contributed by atoms with Crippen molar-refractivity contribution in [2.24, 2.45) is 5.10 Å². The van der Waals surface area contributed by atoms with Crippen LogP contribution in [0.2, 0.25) is 5.02 Å². The average Bonchev–Trinajstić information content (AvgIpc) is 2.58. The van der Waals surface area contributed by atoms with E-state index >= 15 is 0 Å². The van der Waals surface area contributed by atoms with Crippen LogP contribution in [-0.4, -0.2) is 42.3 Å². The Morgan fingerprint density at radius 3 is 2.39 bits per heavy atom. The molecule has 0 aromatic heterocycles. The highest BCUT2D eigenvalue weighted by Gasteiger charge is 2.16. The Morgan fingerprint density at radius 2 is 1.70 bits per heavy atom. The predicted molar refractivity (Wildman–Crippen MR) is 100 cm³/mol. The van der Waals surface area contributed by atoms with Crippen molar-refractivity contribution in [3.05, 3.63) is 69.2 Å². The van der Waals surface area contributed by atoms with E-state index in [1.807, 2.05) is 36.5 Å². The van der Waals surface area contributed by atoms with Gasteiger partial charge in [-0.2, -0.15) is 5.10 Å². The van der Waals surface area contributed by atoms with Gasteiger partial charge in [0.25, 0.3) is 0 Å². The number of hydrazone groups is 1. The molecular weight excluding hydrogens is 374 g/mol. The molecule has 3 nitrogen and oxygen atoms in total. The van der Waals surface area contributed by atoms with E-state index in [2.05, 4.69) is 49.1 Å². The van der Waals surface area contributed by atoms with E-state index in [4.69, 9.17) is 11.6 Å². The summed E-state index contributed by atoms with van der Waals surface area (Å²) in [6.45, 7) is 4.80. The van der Waals surface area contributed by atoms with Gasteiger partial charge in [0.1, 0.15) is 0 Å². The summed E-state index contributed by atoms with van der Waals surface area (Å²) in [4.78, 5) is 2.42. The Hall–Kier alpha value is -1.36. The smallest absolute Gasteiger partial charge is 0.0542 e. The van der Waals surface area contributed by atoms with E-state index in [1.54, 1.807) is 0 Å². The van der Waals surface area contributed by atoms with Crippen molar-refractivity contribution >= 4 is 33.7 Å². The Balaban J connectivity index is 1.50. The number of piperazine rings is 1. The van der Waals surface area contributed by atoms with Gasteiger partial charge in [-0.05, 0) is 29.3 Å². The second-order valence-electron chi connectivity index (χ2n) is 5.62. The molecule has 0 bridgehead atoms. The first kappa shape index (κ1) is 16.5. The molecule has 0 unspecified atom stereocenters. The topological polar surface area (TPSA) is 18.8 Å². The number of rotatable bonds is 4. The molecule has 0 spiro atoms. The lowest BCUT2D eigenvalue weighted by Gasteiger charge is -2.33. The second kappa shape index (κ2) is 7.95. The molecule has 0 aliphatic carbocycles. The van der Waals surface area contributed by atoms with Crippen LogP contribution in [0.5, 0.6) is 0 Å². The highest BCUT2D eigenvalue weighted by molar-refractivity contribution is 9.10. The molecule has 0 radical (unpaired) electrons. The molecule has 2 aromatic rings. The largest absolute Gasteiger partial charge is 0.295 e. The number of nitrogens with zero attached hydrogens (tertiary/aromatic N) is 3. The van der Waals surface area contributed by atoms with Gasteiger partial charge in [-0.15, -0.1) is 0 Å². The minimum atomic E-state index is 0.850. The molecule has 1 fully saturated rings. The van der Waals surface area contributed by atoms with Crippen molar-refractivity contribution in [3.8, 4) is 0 Å². The molecule has 120 valence electrons. The fourth-order valence-electron chi connectivity index (χ4n) is 2.58. The van der Waals surface area contributed by atoms with Crippen molar-refractivity contribution in [1.82, 2.24) is 9.91 Å². The van der Waals surface area contributed by atoms with E-state index in [0.717, 1.165) is 47.8 Å². The number of hydrogen-bond donors (Lipinski definition) is 0. The quantitative estimate of drug-likeness (QED) is 0.724. The monoisotopic (exact) mass is 391 g/mol. The molecule has 0 amide bonds. The summed E-state index contributed by atoms with van der Waals surface area (Å²) in [5.74, 6) is 0. The molecule has 23 heavy (non-hydrogen) atoms. The van der Waals surface area contributed by atoms with Gasteiger partial charge in [-0.3, -0.25) is 9.91 Å². The third-order valence-corrected chi connectivity index (χ3v) is 4.84. The van der Waals surface area contributed by atoms with Crippen LogP contribution in [0.1, 0.15) is 11.1 Å². The predicted octanol–water partition coefficient (Wildman–Crippen LogP) is 4.25. The highest BCUT2D eigenvalue weighted by Crippen LogP contribution is 2.18. The zero-order valence-corrected chi connectivity index (χ0v) is 15.2. The minimum Gasteiger partial charge on any atom is -0.295 e. The molecule has 0 saturated carbocycles. The summed E-state index contributed by atoms with van der Waals surface area (Å²) < 4.78 is 1.09. The van der Waals surface area contributed by atoms with Crippen molar-refractivity contribution in [2.45, 2.75) is 6.54 Å². The molecule has 3 rings (SSSR count). The van der Waals surface area contributed by atoms with E-state index < -0.39 is 0 Å². The van der Waals surface area contributed by atoms with Crippen LogP contribution in [0.15, 0.2) is 58.1 Å². The van der Waals surface area contributed by atoms with Crippen LogP contribution in [0.25, 0.3) is 0 Å². The number of hydrogen-bond acceptors (Lipinski definition) is 3. The molecular formula is C18H19BrClN3. The first-order valence-electron chi connectivity index (χ1n) is 7.71. The lowest BCUT2D eigenvalue weighted by molar-refractivity contribution is 0.131. The summed E-state index contributed by atoms with van der Waals surface area (Å²) in [6.07, 6.45) is 1.93. The summed E-state index contributed by atoms with van der Waals surface area (Å²) in [7, 11) is 0. The van der Waals surface area contributed by atoms with E-state index in [0.29, 0.717) is 0 Å². The van der Waals surface area contributed by atoms with Gasteiger partial charge in [0, 0.05) is 42.2 Å². The summed E-state index contributed by atoms with van der Waals surface area (Å²) >= 11 is 9.68. The zero-order valence-electron chi connectivity index (χ0n) is 12.8. The number of benzene rings is 2.